The van der Waals surface area contributed by atoms with Crippen molar-refractivity contribution in [2.75, 3.05) is 20.8 Å². The molecular weight excluding hydrogens is 336 g/mol. The van der Waals surface area contributed by atoms with E-state index in [0.717, 1.165) is 18.4 Å². The van der Waals surface area contributed by atoms with Crippen LogP contribution in [0.5, 0.6) is 11.5 Å². The van der Waals surface area contributed by atoms with Crippen molar-refractivity contribution in [2.45, 2.75) is 53.5 Å². The summed E-state index contributed by atoms with van der Waals surface area (Å²) in [6, 6.07) is 2.93. The molecule has 7 nitrogen and oxygen atoms in total. The van der Waals surface area contributed by atoms with E-state index in [1.165, 1.54) is 0 Å². The van der Waals surface area contributed by atoms with E-state index < -0.39 is 11.9 Å². The molecular formula is C19H32N2O5. The number of carbonyl (C=O) groups is 1. The van der Waals surface area contributed by atoms with E-state index in [4.69, 9.17) is 19.4 Å². The number of nitrogens with zero attached hydrogens (tertiary/aromatic N) is 1. The highest BCUT2D eigenvalue weighted by Crippen LogP contribution is 2.34. The molecule has 1 aliphatic heterocycles. The maximum atomic E-state index is 11.4. The minimum atomic E-state index is -0.747. The van der Waals surface area contributed by atoms with Crippen LogP contribution in [0.2, 0.25) is 0 Å². The Hall–Kier alpha value is -2.28. The third-order valence-corrected chi connectivity index (χ3v) is 3.39. The highest BCUT2D eigenvalue weighted by atomic mass is 16.5. The molecule has 0 aliphatic carbocycles. The molecule has 2 rings (SSSR count). The first-order valence-corrected chi connectivity index (χ1v) is 9.04. The molecule has 26 heavy (non-hydrogen) atoms. The number of rotatable bonds is 6. The van der Waals surface area contributed by atoms with Gasteiger partial charge in [-0.3, -0.25) is 10.0 Å². The molecule has 0 aromatic heterocycles. The van der Waals surface area contributed by atoms with Gasteiger partial charge in [-0.25, -0.2) is 10.5 Å². The van der Waals surface area contributed by atoms with Crippen LogP contribution in [-0.4, -0.2) is 43.9 Å². The molecule has 2 N–H and O–H groups in total. The highest BCUT2D eigenvalue weighted by Gasteiger charge is 2.27. The van der Waals surface area contributed by atoms with Crippen molar-refractivity contribution in [1.82, 2.24) is 5.48 Å². The lowest BCUT2D eigenvalue weighted by atomic mass is 10.0. The minimum absolute atomic E-state index is 0.0964. The Morgan fingerprint density at radius 1 is 1.27 bits per heavy atom. The minimum Gasteiger partial charge on any atom is -0.493 e. The van der Waals surface area contributed by atoms with Gasteiger partial charge in [-0.2, -0.15) is 0 Å². The molecule has 1 heterocycles. The van der Waals surface area contributed by atoms with Crippen molar-refractivity contribution in [3.8, 4) is 11.5 Å². The van der Waals surface area contributed by atoms with E-state index in [0.29, 0.717) is 23.0 Å². The lowest BCUT2D eigenvalue weighted by molar-refractivity contribution is -0.130. The smallest absolute Gasteiger partial charge is 0.271 e. The molecule has 148 valence electrons. The van der Waals surface area contributed by atoms with Crippen molar-refractivity contribution in [2.24, 2.45) is 4.99 Å². The molecule has 1 aliphatic rings. The first kappa shape index (κ1) is 23.7. The third-order valence-electron chi connectivity index (χ3n) is 3.39. The lowest BCUT2D eigenvalue weighted by Crippen LogP contribution is -2.31. The number of hydrogen-bond acceptors (Lipinski definition) is 6. The standard InChI is InChI=1S/C15H20N2O5.2C2H6/c1-4-5-9-6-10(7-12(20-2)13(9)21-3)15-16-11(8-22-15)14(18)17-19;2*1-2/h6-7,11,19H,4-5,8H2,1-3H3,(H,17,18);2*1-2H3/t11-;;/m1../s1. The average molecular weight is 368 g/mol. The number of hydrogen-bond donors (Lipinski definition) is 2. The van der Waals surface area contributed by atoms with Gasteiger partial charge in [0.05, 0.1) is 14.2 Å². The predicted octanol–water partition coefficient (Wildman–Crippen LogP) is 3.36. The number of aliphatic imine (C=N–C) groups is 1. The Balaban J connectivity index is 0.00000146. The molecule has 0 saturated heterocycles. The van der Waals surface area contributed by atoms with Crippen LogP contribution >= 0.6 is 0 Å². The largest absolute Gasteiger partial charge is 0.493 e. The van der Waals surface area contributed by atoms with Gasteiger partial charge in [0, 0.05) is 5.56 Å². The number of nitrogens with one attached hydrogen (secondary N) is 1. The second-order valence-corrected chi connectivity index (χ2v) is 4.86. The zero-order chi connectivity index (χ0) is 20.1. The van der Waals surface area contributed by atoms with E-state index in [1.54, 1.807) is 25.8 Å². The zero-order valence-corrected chi connectivity index (χ0v) is 16.9. The first-order valence-electron chi connectivity index (χ1n) is 9.04. The van der Waals surface area contributed by atoms with Gasteiger partial charge in [0.15, 0.2) is 17.5 Å². The van der Waals surface area contributed by atoms with Gasteiger partial charge < -0.3 is 14.2 Å². The Morgan fingerprint density at radius 3 is 2.42 bits per heavy atom. The molecule has 0 radical (unpaired) electrons. The van der Waals surface area contributed by atoms with Gasteiger partial charge in [0.1, 0.15) is 6.61 Å². The normalized spacial score (nSPS) is 14.6. The van der Waals surface area contributed by atoms with Crippen LogP contribution in [0.15, 0.2) is 17.1 Å². The number of carbonyl (C=O) groups excluding carboxylic acids is 1. The number of hydroxylamine groups is 1. The molecule has 1 aromatic carbocycles. The van der Waals surface area contributed by atoms with Crippen molar-refractivity contribution < 1.29 is 24.2 Å². The molecule has 0 bridgehead atoms. The number of benzene rings is 1. The molecule has 0 fully saturated rings. The SMILES string of the molecule is CC.CC.CCCc1cc(C2=N[C@@H](C(=O)NO)CO2)cc(OC)c1OC. The molecule has 0 spiro atoms. The summed E-state index contributed by atoms with van der Waals surface area (Å²) >= 11 is 0. The van der Waals surface area contributed by atoms with Crippen molar-refractivity contribution >= 4 is 11.8 Å². The maximum absolute atomic E-state index is 11.4. The van der Waals surface area contributed by atoms with E-state index in [1.807, 2.05) is 33.8 Å². The van der Waals surface area contributed by atoms with Crippen LogP contribution in [0.1, 0.15) is 52.2 Å². The van der Waals surface area contributed by atoms with Crippen LogP contribution in [0.3, 0.4) is 0 Å². The van der Waals surface area contributed by atoms with Gasteiger partial charge in [-0.05, 0) is 24.1 Å². The second-order valence-electron chi connectivity index (χ2n) is 4.86. The molecule has 1 amide bonds. The van der Waals surface area contributed by atoms with E-state index in [2.05, 4.69) is 11.9 Å². The second kappa shape index (κ2) is 13.0. The third kappa shape index (κ3) is 5.91. The monoisotopic (exact) mass is 368 g/mol. The summed E-state index contributed by atoms with van der Waals surface area (Å²) in [7, 11) is 3.17. The summed E-state index contributed by atoms with van der Waals surface area (Å²) in [4.78, 5) is 15.6. The van der Waals surface area contributed by atoms with Crippen LogP contribution < -0.4 is 15.0 Å². The van der Waals surface area contributed by atoms with Gasteiger partial charge in [0.2, 0.25) is 5.90 Å². The van der Waals surface area contributed by atoms with Gasteiger partial charge >= 0.3 is 0 Å². The Morgan fingerprint density at radius 2 is 1.92 bits per heavy atom. The quantitative estimate of drug-likeness (QED) is 0.594. The fraction of sp³-hybridized carbons (Fsp3) is 0.579. The van der Waals surface area contributed by atoms with Crippen molar-refractivity contribution in [3.05, 3.63) is 23.3 Å². The van der Waals surface area contributed by atoms with E-state index >= 15 is 0 Å². The number of methoxy groups -OCH3 is 2. The topological polar surface area (TPSA) is 89.4 Å². The van der Waals surface area contributed by atoms with Crippen LogP contribution in [0.4, 0.5) is 0 Å². The summed E-state index contributed by atoms with van der Waals surface area (Å²) in [5, 5.41) is 8.66. The van der Waals surface area contributed by atoms with E-state index in [9.17, 15) is 4.79 Å². The number of amides is 1. The molecule has 7 heteroatoms. The highest BCUT2D eigenvalue weighted by molar-refractivity contribution is 5.99. The lowest BCUT2D eigenvalue weighted by Gasteiger charge is -2.14. The van der Waals surface area contributed by atoms with Gasteiger partial charge in [-0.1, -0.05) is 41.0 Å². The molecule has 0 saturated carbocycles. The van der Waals surface area contributed by atoms with Crippen LogP contribution in [-0.2, 0) is 16.0 Å². The van der Waals surface area contributed by atoms with Crippen LogP contribution in [0, 0.1) is 0 Å². The first-order chi connectivity index (χ1) is 12.6. The fourth-order valence-corrected chi connectivity index (χ4v) is 2.36. The summed E-state index contributed by atoms with van der Waals surface area (Å²) in [5.41, 5.74) is 3.28. The summed E-state index contributed by atoms with van der Waals surface area (Å²) in [6.45, 7) is 10.2. The fourth-order valence-electron chi connectivity index (χ4n) is 2.36. The Labute approximate surface area is 156 Å². The summed E-state index contributed by atoms with van der Waals surface area (Å²) < 4.78 is 16.2. The zero-order valence-electron chi connectivity index (χ0n) is 16.9. The number of ether oxygens (including phenoxy) is 3. The molecule has 0 unspecified atom stereocenters. The average Bonchev–Trinajstić information content (AvgIpc) is 3.20. The maximum Gasteiger partial charge on any atom is 0.271 e. The predicted molar refractivity (Wildman–Crippen MR) is 102 cm³/mol. The van der Waals surface area contributed by atoms with Gasteiger partial charge in [0.25, 0.3) is 5.91 Å². The van der Waals surface area contributed by atoms with E-state index in [-0.39, 0.29) is 6.61 Å². The summed E-state index contributed by atoms with van der Waals surface area (Å²) in [5.74, 6) is 1.04. The Kier molecular flexibility index (Phi) is 11.9. The van der Waals surface area contributed by atoms with Crippen LogP contribution in [0.25, 0.3) is 0 Å². The van der Waals surface area contributed by atoms with Crippen molar-refractivity contribution in [1.29, 1.82) is 0 Å². The Bertz CT molecular complexity index is 588. The summed E-state index contributed by atoms with van der Waals surface area (Å²) in [6.07, 6.45) is 1.77. The number of aryl methyl sites for hydroxylation is 1. The van der Waals surface area contributed by atoms with Crippen molar-refractivity contribution in [3.63, 3.8) is 0 Å². The molecule has 1 aromatic rings. The van der Waals surface area contributed by atoms with Gasteiger partial charge in [-0.15, -0.1) is 0 Å². The molecule has 1 atom stereocenters.